The van der Waals surface area contributed by atoms with Gasteiger partial charge in [0.2, 0.25) is 11.8 Å². The average Bonchev–Trinajstić information content (AvgIpc) is 3.02. The van der Waals surface area contributed by atoms with Crippen molar-refractivity contribution in [1.29, 1.82) is 0 Å². The fourth-order valence-electron chi connectivity index (χ4n) is 5.94. The number of rotatable bonds is 8. The van der Waals surface area contributed by atoms with Crippen LogP contribution < -0.4 is 5.73 Å². The zero-order chi connectivity index (χ0) is 32.3. The second kappa shape index (κ2) is 13.3. The second-order valence-corrected chi connectivity index (χ2v) is 11.4. The lowest BCUT2D eigenvalue weighted by Gasteiger charge is -2.53. The van der Waals surface area contributed by atoms with Gasteiger partial charge in [0.25, 0.3) is 0 Å². The molecule has 0 saturated carbocycles. The van der Waals surface area contributed by atoms with Crippen molar-refractivity contribution in [2.75, 3.05) is 19.6 Å². The molecule has 12 heteroatoms. The van der Waals surface area contributed by atoms with Crippen molar-refractivity contribution >= 4 is 17.9 Å². The van der Waals surface area contributed by atoms with E-state index in [4.69, 9.17) is 10.5 Å². The maximum Gasteiger partial charge on any atom is 0.416 e. The summed E-state index contributed by atoms with van der Waals surface area (Å²) in [5, 5.41) is 0. The van der Waals surface area contributed by atoms with Crippen LogP contribution in [0.25, 0.3) is 0 Å². The summed E-state index contributed by atoms with van der Waals surface area (Å²) < 4.78 is 59.1. The molecular formula is C33H34F4N4O4. The number of piperazine rings is 1. The Labute approximate surface area is 258 Å². The SMILES string of the molecule is Cc1ccc(C[C@H]2CN(C(=O)OCc3cc(CF)cc(C(F)(F)F)c3)[C@H]3CN(Cc4ccccc4)C(=O)[C@H](CN)N3C2=O)cc1. The van der Waals surface area contributed by atoms with Crippen LogP contribution >= 0.6 is 0 Å². The van der Waals surface area contributed by atoms with Gasteiger partial charge in [0.05, 0.1) is 18.0 Å². The molecule has 8 nitrogen and oxygen atoms in total. The third-order valence-electron chi connectivity index (χ3n) is 8.19. The third kappa shape index (κ3) is 7.11. The van der Waals surface area contributed by atoms with Crippen LogP contribution in [0.3, 0.4) is 0 Å². The second-order valence-electron chi connectivity index (χ2n) is 11.4. The number of halogens is 4. The number of hydrogen-bond acceptors (Lipinski definition) is 5. The van der Waals surface area contributed by atoms with Crippen molar-refractivity contribution in [3.05, 3.63) is 106 Å². The molecule has 0 radical (unpaired) electrons. The van der Waals surface area contributed by atoms with Gasteiger partial charge in [-0.25, -0.2) is 9.18 Å². The number of carbonyl (C=O) groups is 3. The van der Waals surface area contributed by atoms with Crippen molar-refractivity contribution in [3.63, 3.8) is 0 Å². The number of carbonyl (C=O) groups excluding carboxylic acids is 3. The number of fused-ring (bicyclic) bond motifs is 1. The lowest BCUT2D eigenvalue weighted by molar-refractivity contribution is -0.172. The maximum absolute atomic E-state index is 13.9. The van der Waals surface area contributed by atoms with E-state index < -0.39 is 49.2 Å². The molecule has 2 N–H and O–H groups in total. The molecule has 2 aliphatic heterocycles. The Balaban J connectivity index is 1.44. The molecule has 3 amide bonds. The van der Waals surface area contributed by atoms with Gasteiger partial charge in [0.15, 0.2) is 0 Å². The Morgan fingerprint density at radius 1 is 0.911 bits per heavy atom. The molecule has 2 fully saturated rings. The van der Waals surface area contributed by atoms with E-state index in [0.29, 0.717) is 6.07 Å². The van der Waals surface area contributed by atoms with Crippen molar-refractivity contribution in [3.8, 4) is 0 Å². The van der Waals surface area contributed by atoms with E-state index in [-0.39, 0.29) is 55.5 Å². The molecule has 3 atom stereocenters. The van der Waals surface area contributed by atoms with Gasteiger partial charge in [-0.1, -0.05) is 60.2 Å². The highest BCUT2D eigenvalue weighted by atomic mass is 19.4. The number of nitrogens with two attached hydrogens (primary N) is 1. The molecular weight excluding hydrogens is 592 g/mol. The van der Waals surface area contributed by atoms with Crippen molar-refractivity contribution in [2.45, 2.75) is 51.6 Å². The monoisotopic (exact) mass is 626 g/mol. The van der Waals surface area contributed by atoms with Crippen LogP contribution in [-0.2, 0) is 46.7 Å². The van der Waals surface area contributed by atoms with Gasteiger partial charge >= 0.3 is 12.3 Å². The number of amides is 3. The van der Waals surface area contributed by atoms with Crippen LogP contribution in [0.15, 0.2) is 72.8 Å². The van der Waals surface area contributed by atoms with Crippen molar-refractivity contribution < 1.29 is 36.7 Å². The number of benzene rings is 3. The highest BCUT2D eigenvalue weighted by molar-refractivity contribution is 5.92. The molecule has 3 aromatic carbocycles. The molecule has 5 rings (SSSR count). The maximum atomic E-state index is 13.9. The smallest absolute Gasteiger partial charge is 0.416 e. The molecule has 2 aliphatic rings. The summed E-state index contributed by atoms with van der Waals surface area (Å²) in [4.78, 5) is 45.5. The van der Waals surface area contributed by atoms with Crippen LogP contribution in [0.1, 0.15) is 33.4 Å². The van der Waals surface area contributed by atoms with Gasteiger partial charge in [-0.05, 0) is 53.8 Å². The van der Waals surface area contributed by atoms with Gasteiger partial charge < -0.3 is 20.3 Å². The first-order chi connectivity index (χ1) is 21.5. The van der Waals surface area contributed by atoms with Crippen LogP contribution in [0.2, 0.25) is 0 Å². The van der Waals surface area contributed by atoms with E-state index in [1.54, 1.807) is 4.90 Å². The molecule has 0 aliphatic carbocycles. The largest absolute Gasteiger partial charge is 0.444 e. The Morgan fingerprint density at radius 2 is 1.60 bits per heavy atom. The minimum atomic E-state index is -4.71. The predicted octanol–water partition coefficient (Wildman–Crippen LogP) is 4.82. The minimum Gasteiger partial charge on any atom is -0.444 e. The topological polar surface area (TPSA) is 96.2 Å². The van der Waals surface area contributed by atoms with Gasteiger partial charge in [-0.2, -0.15) is 13.2 Å². The number of aryl methyl sites for hydroxylation is 1. The normalized spacial score (nSPS) is 20.3. The lowest BCUT2D eigenvalue weighted by Crippen LogP contribution is -2.74. The summed E-state index contributed by atoms with van der Waals surface area (Å²) in [5.41, 5.74) is 7.52. The Morgan fingerprint density at radius 3 is 2.24 bits per heavy atom. The average molecular weight is 627 g/mol. The van der Waals surface area contributed by atoms with Crippen LogP contribution in [0.4, 0.5) is 22.4 Å². The highest BCUT2D eigenvalue weighted by Gasteiger charge is 2.51. The van der Waals surface area contributed by atoms with E-state index in [1.165, 1.54) is 15.9 Å². The van der Waals surface area contributed by atoms with Crippen molar-refractivity contribution in [1.82, 2.24) is 14.7 Å². The zero-order valence-corrected chi connectivity index (χ0v) is 24.7. The third-order valence-corrected chi connectivity index (χ3v) is 8.19. The summed E-state index contributed by atoms with van der Waals surface area (Å²) in [7, 11) is 0. The molecule has 45 heavy (non-hydrogen) atoms. The van der Waals surface area contributed by atoms with E-state index in [2.05, 4.69) is 0 Å². The molecule has 238 valence electrons. The Hall–Kier alpha value is -4.45. The first kappa shape index (κ1) is 32.0. The summed E-state index contributed by atoms with van der Waals surface area (Å²) in [6.45, 7) is 0.243. The molecule has 2 saturated heterocycles. The summed E-state index contributed by atoms with van der Waals surface area (Å²) >= 11 is 0. The standard InChI is InChI=1S/C33H34F4N4O4/c1-21-7-9-22(10-8-21)12-26-18-40(32(44)45-20-25-11-24(15-34)13-27(14-25)33(35,36)37)29-19-39(17-23-5-3-2-4-6-23)31(43)28(16-38)41(29)30(26)42/h2-11,13-14,26,28-29H,12,15-20,38H2,1H3/t26-,28-,29+/m0/s1. The quantitative estimate of drug-likeness (QED) is 0.362. The number of alkyl halides is 4. The molecule has 3 aromatic rings. The minimum absolute atomic E-state index is 0.0160. The van der Waals surface area contributed by atoms with E-state index in [9.17, 15) is 31.9 Å². The molecule has 0 bridgehead atoms. The Bertz CT molecular complexity index is 1530. The number of nitrogens with zero attached hydrogens (tertiary/aromatic N) is 3. The predicted molar refractivity (Wildman–Crippen MR) is 157 cm³/mol. The number of ether oxygens (including phenoxy) is 1. The fraction of sp³-hybridized carbons (Fsp3) is 0.364. The Kier molecular flexibility index (Phi) is 9.42. The van der Waals surface area contributed by atoms with Gasteiger partial charge in [-0.15, -0.1) is 0 Å². The highest BCUT2D eigenvalue weighted by Crippen LogP contribution is 2.33. The van der Waals surface area contributed by atoms with Gasteiger partial charge in [0.1, 0.15) is 25.5 Å². The van der Waals surface area contributed by atoms with E-state index in [1.807, 2.05) is 61.5 Å². The van der Waals surface area contributed by atoms with Crippen LogP contribution in [-0.4, -0.2) is 64.4 Å². The van der Waals surface area contributed by atoms with E-state index >= 15 is 0 Å². The molecule has 0 unspecified atom stereocenters. The summed E-state index contributed by atoms with van der Waals surface area (Å²) in [5.74, 6) is -1.40. The van der Waals surface area contributed by atoms with Crippen LogP contribution in [0, 0.1) is 12.8 Å². The lowest BCUT2D eigenvalue weighted by atomic mass is 9.91. The molecule has 2 heterocycles. The first-order valence-corrected chi connectivity index (χ1v) is 14.6. The summed E-state index contributed by atoms with van der Waals surface area (Å²) in [6.07, 6.45) is -6.24. The zero-order valence-electron chi connectivity index (χ0n) is 24.7. The van der Waals surface area contributed by atoms with Crippen LogP contribution in [0.5, 0.6) is 0 Å². The van der Waals surface area contributed by atoms with Crippen molar-refractivity contribution in [2.24, 2.45) is 11.7 Å². The van der Waals surface area contributed by atoms with Gasteiger partial charge in [-0.3, -0.25) is 14.5 Å². The molecule has 0 aromatic heterocycles. The first-order valence-electron chi connectivity index (χ1n) is 14.6. The van der Waals surface area contributed by atoms with Gasteiger partial charge in [0, 0.05) is 19.6 Å². The molecule has 0 spiro atoms. The number of hydrogen-bond donors (Lipinski definition) is 1. The summed E-state index contributed by atoms with van der Waals surface area (Å²) in [6, 6.07) is 18.5. The van der Waals surface area contributed by atoms with E-state index in [0.717, 1.165) is 22.8 Å². The fourth-order valence-corrected chi connectivity index (χ4v) is 5.94.